The normalized spacial score (nSPS) is 17.2. The molecule has 2 aromatic heterocycles. The van der Waals surface area contributed by atoms with Gasteiger partial charge in [-0.05, 0) is 56.4 Å². The molecule has 1 atom stereocenters. The third kappa shape index (κ3) is 3.81. The molecule has 31 heavy (non-hydrogen) atoms. The smallest absolute Gasteiger partial charge is 0.267 e. The van der Waals surface area contributed by atoms with Gasteiger partial charge in [0.2, 0.25) is 5.91 Å². The lowest BCUT2D eigenvalue weighted by Crippen LogP contribution is -2.44. The molecule has 0 spiro atoms. The maximum absolute atomic E-state index is 13.7. The molecule has 3 aromatic rings. The van der Waals surface area contributed by atoms with Crippen LogP contribution in [0.5, 0.6) is 0 Å². The molecule has 162 valence electrons. The number of thioether (sulfide) groups is 1. The quantitative estimate of drug-likeness (QED) is 0.444. The summed E-state index contributed by atoms with van der Waals surface area (Å²) in [6.07, 6.45) is 3.07. The third-order valence-corrected chi connectivity index (χ3v) is 8.15. The van der Waals surface area contributed by atoms with Crippen LogP contribution >= 0.6 is 23.1 Å². The molecule has 2 aliphatic rings. The van der Waals surface area contributed by atoms with E-state index in [9.17, 15) is 9.59 Å². The van der Waals surface area contributed by atoms with Gasteiger partial charge in [-0.15, -0.1) is 11.3 Å². The van der Waals surface area contributed by atoms with Crippen molar-refractivity contribution in [3.05, 3.63) is 50.6 Å². The number of morpholine rings is 1. The average Bonchev–Trinajstić information content (AvgIpc) is 3.35. The number of rotatable bonds is 4. The number of hydrogen-bond donors (Lipinski definition) is 0. The van der Waals surface area contributed by atoms with Gasteiger partial charge in [0.1, 0.15) is 4.83 Å². The number of benzene rings is 1. The van der Waals surface area contributed by atoms with E-state index < -0.39 is 0 Å². The Bertz CT molecular complexity index is 1210. The van der Waals surface area contributed by atoms with Crippen LogP contribution in [0, 0.1) is 6.92 Å². The molecule has 1 aliphatic carbocycles. The van der Waals surface area contributed by atoms with Crippen LogP contribution in [-0.2, 0) is 22.4 Å². The third-order valence-electron chi connectivity index (χ3n) is 5.92. The molecule has 5 rings (SSSR count). The lowest BCUT2D eigenvalue weighted by molar-refractivity contribution is -0.134. The van der Waals surface area contributed by atoms with E-state index in [2.05, 4.69) is 0 Å². The summed E-state index contributed by atoms with van der Waals surface area (Å²) in [4.78, 5) is 35.6. The van der Waals surface area contributed by atoms with Crippen molar-refractivity contribution in [1.82, 2.24) is 14.5 Å². The van der Waals surface area contributed by atoms with E-state index in [1.807, 2.05) is 43.0 Å². The number of thiophene rings is 1. The van der Waals surface area contributed by atoms with E-state index in [4.69, 9.17) is 9.72 Å². The summed E-state index contributed by atoms with van der Waals surface area (Å²) >= 11 is 3.00. The summed E-state index contributed by atoms with van der Waals surface area (Å²) in [5, 5.41) is 0.998. The number of carbonyl (C=O) groups is 1. The molecule has 1 fully saturated rings. The largest absolute Gasteiger partial charge is 0.378 e. The van der Waals surface area contributed by atoms with E-state index in [0.29, 0.717) is 31.5 Å². The molecule has 1 aliphatic heterocycles. The summed E-state index contributed by atoms with van der Waals surface area (Å²) in [5.74, 6) is 0.0621. The Morgan fingerprint density at radius 3 is 2.84 bits per heavy atom. The number of ether oxygens (including phenoxy) is 1. The SMILES string of the molecule is Cc1cccc(-n2c(S[C@H](C)C(=O)N3CCOCC3)nc3sc4c(c3c2=O)CCC4)c1. The number of amides is 1. The Morgan fingerprint density at radius 2 is 2.06 bits per heavy atom. The minimum absolute atomic E-state index is 0.0245. The van der Waals surface area contributed by atoms with Crippen molar-refractivity contribution >= 4 is 39.2 Å². The number of aryl methyl sites for hydroxylation is 3. The van der Waals surface area contributed by atoms with Gasteiger partial charge in [-0.2, -0.15) is 0 Å². The number of aromatic nitrogens is 2. The molecule has 1 amide bonds. The maximum atomic E-state index is 13.7. The zero-order chi connectivity index (χ0) is 21.5. The van der Waals surface area contributed by atoms with Crippen molar-refractivity contribution in [2.75, 3.05) is 26.3 Å². The second kappa shape index (κ2) is 8.41. The van der Waals surface area contributed by atoms with E-state index in [1.54, 1.807) is 15.9 Å². The molecular weight excluding hydrogens is 430 g/mol. The van der Waals surface area contributed by atoms with E-state index >= 15 is 0 Å². The molecule has 3 heterocycles. The van der Waals surface area contributed by atoms with Crippen LogP contribution in [0.4, 0.5) is 0 Å². The molecular formula is C23H25N3O3S2. The predicted molar refractivity (Wildman–Crippen MR) is 125 cm³/mol. The highest BCUT2D eigenvalue weighted by Gasteiger charge is 2.28. The van der Waals surface area contributed by atoms with E-state index in [0.717, 1.165) is 40.7 Å². The second-order valence-electron chi connectivity index (χ2n) is 8.11. The standard InChI is InChI=1S/C23H25N3O3S2/c1-14-5-3-6-16(13-14)26-22(28)19-17-7-4-8-18(17)31-20(19)24-23(26)30-15(2)21(27)25-9-11-29-12-10-25/h3,5-6,13,15H,4,7-12H2,1-2H3/t15-/m1/s1. The Hall–Kier alpha value is -2.16. The van der Waals surface area contributed by atoms with Gasteiger partial charge < -0.3 is 9.64 Å². The van der Waals surface area contributed by atoms with Crippen molar-refractivity contribution < 1.29 is 9.53 Å². The topological polar surface area (TPSA) is 64.4 Å². The van der Waals surface area contributed by atoms with Gasteiger partial charge in [0.15, 0.2) is 5.16 Å². The number of carbonyl (C=O) groups excluding carboxylic acids is 1. The zero-order valence-electron chi connectivity index (χ0n) is 17.7. The summed E-state index contributed by atoms with van der Waals surface area (Å²) in [5.41, 5.74) is 3.02. The highest BCUT2D eigenvalue weighted by molar-refractivity contribution is 8.00. The van der Waals surface area contributed by atoms with Crippen LogP contribution in [0.25, 0.3) is 15.9 Å². The fourth-order valence-electron chi connectivity index (χ4n) is 4.35. The van der Waals surface area contributed by atoms with Gasteiger partial charge in [-0.25, -0.2) is 4.98 Å². The van der Waals surface area contributed by atoms with Crippen LogP contribution in [0.15, 0.2) is 34.2 Å². The first kappa shape index (κ1) is 20.7. The van der Waals surface area contributed by atoms with Crippen molar-refractivity contribution in [2.24, 2.45) is 0 Å². The van der Waals surface area contributed by atoms with Crippen molar-refractivity contribution in [1.29, 1.82) is 0 Å². The number of hydrogen-bond acceptors (Lipinski definition) is 6. The lowest BCUT2D eigenvalue weighted by atomic mass is 10.2. The first-order chi connectivity index (χ1) is 15.0. The molecule has 0 unspecified atom stereocenters. The lowest BCUT2D eigenvalue weighted by Gasteiger charge is -2.29. The van der Waals surface area contributed by atoms with E-state index in [-0.39, 0.29) is 16.7 Å². The average molecular weight is 456 g/mol. The minimum Gasteiger partial charge on any atom is -0.378 e. The van der Waals surface area contributed by atoms with Gasteiger partial charge in [0, 0.05) is 18.0 Å². The van der Waals surface area contributed by atoms with Gasteiger partial charge in [0.05, 0.1) is 29.5 Å². The number of nitrogens with zero attached hydrogens (tertiary/aromatic N) is 3. The molecule has 0 bridgehead atoms. The summed E-state index contributed by atoms with van der Waals surface area (Å²) in [6, 6.07) is 7.91. The number of fused-ring (bicyclic) bond motifs is 3. The van der Waals surface area contributed by atoms with Crippen LogP contribution in [-0.4, -0.2) is 51.9 Å². The first-order valence-electron chi connectivity index (χ1n) is 10.7. The van der Waals surface area contributed by atoms with Gasteiger partial charge in [-0.3, -0.25) is 14.2 Å². The van der Waals surface area contributed by atoms with Crippen LogP contribution in [0.2, 0.25) is 0 Å². The summed E-state index contributed by atoms with van der Waals surface area (Å²) < 4.78 is 7.08. The first-order valence-corrected chi connectivity index (χ1v) is 12.4. The Labute approximate surface area is 189 Å². The predicted octanol–water partition coefficient (Wildman–Crippen LogP) is 3.58. The van der Waals surface area contributed by atoms with Crippen LogP contribution < -0.4 is 5.56 Å². The molecule has 0 N–H and O–H groups in total. The fourth-order valence-corrected chi connectivity index (χ4v) is 6.66. The Balaban J connectivity index is 1.60. The van der Waals surface area contributed by atoms with Gasteiger partial charge in [-0.1, -0.05) is 23.9 Å². The van der Waals surface area contributed by atoms with Crippen LogP contribution in [0.3, 0.4) is 0 Å². The van der Waals surface area contributed by atoms with Crippen molar-refractivity contribution in [2.45, 2.75) is 43.5 Å². The Kier molecular flexibility index (Phi) is 5.62. The molecule has 6 nitrogen and oxygen atoms in total. The molecule has 1 saturated heterocycles. The van der Waals surface area contributed by atoms with Crippen molar-refractivity contribution in [3.63, 3.8) is 0 Å². The minimum atomic E-state index is -0.342. The Morgan fingerprint density at radius 1 is 1.26 bits per heavy atom. The molecule has 0 radical (unpaired) electrons. The fraction of sp³-hybridized carbons (Fsp3) is 0.435. The second-order valence-corrected chi connectivity index (χ2v) is 10.5. The zero-order valence-corrected chi connectivity index (χ0v) is 19.4. The highest BCUT2D eigenvalue weighted by Crippen LogP contribution is 2.36. The monoisotopic (exact) mass is 455 g/mol. The molecule has 1 aromatic carbocycles. The summed E-state index contributed by atoms with van der Waals surface area (Å²) in [6.45, 7) is 6.27. The highest BCUT2D eigenvalue weighted by atomic mass is 32.2. The molecule has 0 saturated carbocycles. The van der Waals surface area contributed by atoms with Gasteiger partial charge >= 0.3 is 0 Å². The maximum Gasteiger partial charge on any atom is 0.267 e. The summed E-state index contributed by atoms with van der Waals surface area (Å²) in [7, 11) is 0. The molecule has 8 heteroatoms. The van der Waals surface area contributed by atoms with Crippen molar-refractivity contribution in [3.8, 4) is 5.69 Å². The van der Waals surface area contributed by atoms with Gasteiger partial charge in [0.25, 0.3) is 5.56 Å². The van der Waals surface area contributed by atoms with Crippen LogP contribution in [0.1, 0.15) is 29.3 Å². The van der Waals surface area contributed by atoms with E-state index in [1.165, 1.54) is 22.2 Å².